The number of aliphatic hydroxyl groups excluding tert-OH is 1. The van der Waals surface area contributed by atoms with Gasteiger partial charge < -0.3 is 25.4 Å². The van der Waals surface area contributed by atoms with Crippen LogP contribution in [0.4, 0.5) is 0 Å². The SMILES string of the molecule is CN(C)CC(=O)N[C@@H]1CC[C@H](CCNC(=O)C2CCCC2)O[C@@H]1CO. The largest absolute Gasteiger partial charge is 0.394 e. The highest BCUT2D eigenvalue weighted by Crippen LogP contribution is 2.25. The molecular weight excluding hydrogens is 322 g/mol. The van der Waals surface area contributed by atoms with Crippen LogP contribution in [-0.4, -0.2) is 73.9 Å². The normalized spacial score (nSPS) is 27.4. The van der Waals surface area contributed by atoms with Crippen LogP contribution in [0.2, 0.25) is 0 Å². The monoisotopic (exact) mass is 355 g/mol. The standard InChI is InChI=1S/C18H33N3O4/c1-21(2)11-17(23)20-15-8-7-14(25-16(15)12-22)9-10-19-18(24)13-5-3-4-6-13/h13-16,22H,3-12H2,1-2H3,(H,19,24)(H,20,23)/t14-,15-,16-/m1/s1. The number of nitrogens with zero attached hydrogens (tertiary/aromatic N) is 1. The van der Waals surface area contributed by atoms with E-state index in [1.807, 2.05) is 19.0 Å². The van der Waals surface area contributed by atoms with Crippen LogP contribution in [0.15, 0.2) is 0 Å². The highest BCUT2D eigenvalue weighted by molar-refractivity contribution is 5.79. The van der Waals surface area contributed by atoms with Gasteiger partial charge in [0.25, 0.3) is 0 Å². The topological polar surface area (TPSA) is 90.9 Å². The second kappa shape index (κ2) is 10.1. The minimum Gasteiger partial charge on any atom is -0.394 e. The maximum absolute atomic E-state index is 12.0. The van der Waals surface area contributed by atoms with Crippen LogP contribution in [0.5, 0.6) is 0 Å². The predicted octanol–water partition coefficient (Wildman–Crippen LogP) is 0.269. The quantitative estimate of drug-likeness (QED) is 0.581. The van der Waals surface area contributed by atoms with Gasteiger partial charge in [-0.1, -0.05) is 12.8 Å². The third kappa shape index (κ3) is 6.56. The van der Waals surface area contributed by atoms with Gasteiger partial charge in [0, 0.05) is 12.5 Å². The molecular formula is C18H33N3O4. The molecule has 144 valence electrons. The van der Waals surface area contributed by atoms with E-state index in [2.05, 4.69) is 10.6 Å². The average Bonchev–Trinajstić information content (AvgIpc) is 3.09. The molecule has 0 spiro atoms. The molecule has 0 aromatic rings. The molecule has 0 aromatic carbocycles. The van der Waals surface area contributed by atoms with E-state index in [0.717, 1.165) is 44.9 Å². The van der Waals surface area contributed by atoms with Crippen molar-refractivity contribution in [3.63, 3.8) is 0 Å². The van der Waals surface area contributed by atoms with Gasteiger partial charge in [0.15, 0.2) is 0 Å². The zero-order chi connectivity index (χ0) is 18.2. The maximum atomic E-state index is 12.0. The van der Waals surface area contributed by atoms with Gasteiger partial charge in [-0.3, -0.25) is 9.59 Å². The lowest BCUT2D eigenvalue weighted by molar-refractivity contribution is -0.130. The fourth-order valence-electron chi connectivity index (χ4n) is 3.74. The minimum absolute atomic E-state index is 0.0167. The molecule has 0 aromatic heterocycles. The minimum atomic E-state index is -0.379. The predicted molar refractivity (Wildman–Crippen MR) is 95.1 cm³/mol. The number of amides is 2. The second-order valence-electron chi connectivity index (χ2n) is 7.53. The smallest absolute Gasteiger partial charge is 0.234 e. The molecule has 25 heavy (non-hydrogen) atoms. The summed E-state index contributed by atoms with van der Waals surface area (Å²) in [6, 6.07) is -0.151. The Hall–Kier alpha value is -1.18. The van der Waals surface area contributed by atoms with E-state index in [4.69, 9.17) is 4.74 Å². The van der Waals surface area contributed by atoms with Crippen molar-refractivity contribution in [1.82, 2.24) is 15.5 Å². The molecule has 2 fully saturated rings. The van der Waals surface area contributed by atoms with Crippen molar-refractivity contribution in [2.45, 2.75) is 63.2 Å². The van der Waals surface area contributed by atoms with Crippen molar-refractivity contribution in [3.05, 3.63) is 0 Å². The van der Waals surface area contributed by atoms with Crippen molar-refractivity contribution in [3.8, 4) is 0 Å². The fourth-order valence-corrected chi connectivity index (χ4v) is 3.74. The molecule has 1 saturated carbocycles. The first kappa shape index (κ1) is 20.1. The molecule has 1 heterocycles. The average molecular weight is 355 g/mol. The van der Waals surface area contributed by atoms with Gasteiger partial charge in [-0.15, -0.1) is 0 Å². The van der Waals surface area contributed by atoms with Gasteiger partial charge in [-0.25, -0.2) is 0 Å². The van der Waals surface area contributed by atoms with Gasteiger partial charge in [0.1, 0.15) is 6.10 Å². The Morgan fingerprint density at radius 3 is 2.52 bits per heavy atom. The molecule has 0 unspecified atom stereocenters. The lowest BCUT2D eigenvalue weighted by atomic mass is 9.97. The first-order valence-corrected chi connectivity index (χ1v) is 9.47. The Balaban J connectivity index is 1.69. The van der Waals surface area contributed by atoms with E-state index >= 15 is 0 Å². The third-order valence-electron chi connectivity index (χ3n) is 5.09. The Morgan fingerprint density at radius 1 is 1.16 bits per heavy atom. The highest BCUT2D eigenvalue weighted by Gasteiger charge is 2.32. The number of carbonyl (C=O) groups excluding carboxylic acids is 2. The summed E-state index contributed by atoms with van der Waals surface area (Å²) in [5.41, 5.74) is 0. The van der Waals surface area contributed by atoms with Crippen molar-refractivity contribution < 1.29 is 19.4 Å². The van der Waals surface area contributed by atoms with Gasteiger partial charge >= 0.3 is 0 Å². The number of hydrogen-bond acceptors (Lipinski definition) is 5. The number of nitrogens with one attached hydrogen (secondary N) is 2. The van der Waals surface area contributed by atoms with E-state index in [0.29, 0.717) is 13.1 Å². The number of rotatable bonds is 8. The van der Waals surface area contributed by atoms with Crippen LogP contribution < -0.4 is 10.6 Å². The maximum Gasteiger partial charge on any atom is 0.234 e. The second-order valence-corrected chi connectivity index (χ2v) is 7.53. The van der Waals surface area contributed by atoms with Crippen LogP contribution in [0.25, 0.3) is 0 Å². The number of aliphatic hydroxyl groups is 1. The number of carbonyl (C=O) groups is 2. The molecule has 7 nitrogen and oxygen atoms in total. The molecule has 7 heteroatoms. The zero-order valence-corrected chi connectivity index (χ0v) is 15.5. The summed E-state index contributed by atoms with van der Waals surface area (Å²) in [7, 11) is 3.69. The van der Waals surface area contributed by atoms with Crippen LogP contribution in [0.1, 0.15) is 44.9 Å². The molecule has 2 amide bonds. The van der Waals surface area contributed by atoms with Crippen LogP contribution in [-0.2, 0) is 14.3 Å². The lowest BCUT2D eigenvalue weighted by Crippen LogP contribution is -2.52. The first-order valence-electron chi connectivity index (χ1n) is 9.47. The fraction of sp³-hybridized carbons (Fsp3) is 0.889. The third-order valence-corrected chi connectivity index (χ3v) is 5.09. The Bertz CT molecular complexity index is 438. The Kier molecular flexibility index (Phi) is 8.12. The summed E-state index contributed by atoms with van der Waals surface area (Å²) in [5.74, 6) is 0.300. The van der Waals surface area contributed by atoms with Crippen molar-refractivity contribution in [2.24, 2.45) is 5.92 Å². The van der Waals surface area contributed by atoms with Gasteiger partial charge in [0.2, 0.25) is 11.8 Å². The summed E-state index contributed by atoms with van der Waals surface area (Å²) < 4.78 is 5.93. The molecule has 0 bridgehead atoms. The van der Waals surface area contributed by atoms with Gasteiger partial charge in [-0.2, -0.15) is 0 Å². The number of likely N-dealkylation sites (N-methyl/N-ethyl adjacent to an activating group) is 1. The van der Waals surface area contributed by atoms with Crippen molar-refractivity contribution >= 4 is 11.8 Å². The molecule has 1 saturated heterocycles. The molecule has 3 atom stereocenters. The molecule has 2 rings (SSSR count). The summed E-state index contributed by atoms with van der Waals surface area (Å²) in [4.78, 5) is 25.7. The highest BCUT2D eigenvalue weighted by atomic mass is 16.5. The van der Waals surface area contributed by atoms with Crippen LogP contribution >= 0.6 is 0 Å². The number of hydrogen-bond donors (Lipinski definition) is 3. The van der Waals surface area contributed by atoms with Crippen molar-refractivity contribution in [1.29, 1.82) is 0 Å². The van der Waals surface area contributed by atoms with Crippen LogP contribution in [0.3, 0.4) is 0 Å². The molecule has 1 aliphatic heterocycles. The number of ether oxygens (including phenoxy) is 1. The van der Waals surface area contributed by atoms with E-state index in [-0.39, 0.29) is 42.6 Å². The molecule has 0 radical (unpaired) electrons. The van der Waals surface area contributed by atoms with Gasteiger partial charge in [0.05, 0.1) is 25.3 Å². The summed E-state index contributed by atoms with van der Waals surface area (Å²) in [6.07, 6.45) is 6.31. The van der Waals surface area contributed by atoms with E-state index in [1.165, 1.54) is 0 Å². The van der Waals surface area contributed by atoms with E-state index in [1.54, 1.807) is 0 Å². The molecule has 3 N–H and O–H groups in total. The van der Waals surface area contributed by atoms with Gasteiger partial charge in [-0.05, 0) is 46.2 Å². The first-order chi connectivity index (χ1) is 12.0. The molecule has 2 aliphatic rings. The summed E-state index contributed by atoms with van der Waals surface area (Å²) in [6.45, 7) is 0.818. The summed E-state index contributed by atoms with van der Waals surface area (Å²) in [5, 5.41) is 15.5. The zero-order valence-electron chi connectivity index (χ0n) is 15.5. The van der Waals surface area contributed by atoms with E-state index in [9.17, 15) is 14.7 Å². The van der Waals surface area contributed by atoms with Crippen molar-refractivity contribution in [2.75, 3.05) is 33.8 Å². The lowest BCUT2D eigenvalue weighted by Gasteiger charge is -2.36. The Labute approximate surface area is 150 Å². The van der Waals surface area contributed by atoms with E-state index < -0.39 is 0 Å². The summed E-state index contributed by atoms with van der Waals surface area (Å²) >= 11 is 0. The Morgan fingerprint density at radius 2 is 1.88 bits per heavy atom. The molecule has 1 aliphatic carbocycles. The van der Waals surface area contributed by atoms with Crippen LogP contribution in [0, 0.1) is 5.92 Å².